The van der Waals surface area contributed by atoms with Gasteiger partial charge in [0.2, 0.25) is 0 Å². The minimum absolute atomic E-state index is 0.517. The highest BCUT2D eigenvalue weighted by molar-refractivity contribution is 7.41. The third-order valence-electron chi connectivity index (χ3n) is 4.33. The molecule has 0 unspecified atom stereocenters. The van der Waals surface area contributed by atoms with Crippen molar-refractivity contribution in [3.8, 4) is 0 Å². The molecular weight excluding hydrogens is 375 g/mol. The van der Waals surface area contributed by atoms with E-state index in [0.29, 0.717) is 33.0 Å². The van der Waals surface area contributed by atoms with Crippen molar-refractivity contribution in [2.75, 3.05) is 46.2 Å². The summed E-state index contributed by atoms with van der Waals surface area (Å²) in [5.41, 5.74) is 0. The van der Waals surface area contributed by atoms with Crippen LogP contribution in [-0.2, 0) is 23.0 Å². The topological polar surface area (TPSA) is 46.2 Å². The molecule has 28 heavy (non-hydrogen) atoms. The largest absolute Gasteiger partial charge is 0.379 e. The average Bonchev–Trinajstić information content (AvgIpc) is 2.71. The Morgan fingerprint density at radius 1 is 0.393 bits per heavy atom. The van der Waals surface area contributed by atoms with Crippen LogP contribution in [0, 0.1) is 0 Å². The second-order valence-electron chi connectivity index (χ2n) is 7.13. The van der Waals surface area contributed by atoms with Gasteiger partial charge in [0.1, 0.15) is 0 Å². The fraction of sp³-hybridized carbons (Fsp3) is 1.00. The van der Waals surface area contributed by atoms with Crippen LogP contribution in [0.4, 0.5) is 0 Å². The molecule has 0 aromatic heterocycles. The lowest BCUT2D eigenvalue weighted by Crippen LogP contribution is -2.08. The van der Waals surface area contributed by atoms with Gasteiger partial charge in [-0.25, -0.2) is 0 Å². The van der Waals surface area contributed by atoms with Gasteiger partial charge in [-0.15, -0.1) is 0 Å². The lowest BCUT2D eigenvalue weighted by Gasteiger charge is -2.17. The highest BCUT2D eigenvalue weighted by Crippen LogP contribution is 2.39. The molecule has 0 spiro atoms. The Hall–Kier alpha value is 0.230. The summed E-state index contributed by atoms with van der Waals surface area (Å²) in [6, 6.07) is 0. The van der Waals surface area contributed by atoms with Gasteiger partial charge in [0.15, 0.2) is 0 Å². The molecule has 0 saturated carbocycles. The molecule has 0 aliphatic rings. The van der Waals surface area contributed by atoms with Crippen LogP contribution in [0.25, 0.3) is 0 Å². The Balaban J connectivity index is 3.76. The summed E-state index contributed by atoms with van der Waals surface area (Å²) in [7, 11) is -1.30. The van der Waals surface area contributed by atoms with Crippen molar-refractivity contribution in [1.29, 1.82) is 0 Å². The molecule has 0 amide bonds. The zero-order chi connectivity index (χ0) is 20.5. The zero-order valence-electron chi connectivity index (χ0n) is 18.9. The Kier molecular flexibility index (Phi) is 25.5. The molecule has 0 aromatic carbocycles. The maximum absolute atomic E-state index is 5.85. The fourth-order valence-corrected chi connectivity index (χ4v) is 3.47. The second kappa shape index (κ2) is 25.3. The molecule has 0 atom stereocenters. The van der Waals surface area contributed by atoms with Gasteiger partial charge in [-0.2, -0.15) is 0 Å². The van der Waals surface area contributed by atoms with E-state index in [1.165, 1.54) is 44.9 Å². The first-order valence-corrected chi connectivity index (χ1v) is 12.8. The van der Waals surface area contributed by atoms with Crippen molar-refractivity contribution in [2.24, 2.45) is 0 Å². The summed E-state index contributed by atoms with van der Waals surface area (Å²) < 4.78 is 28.5. The Morgan fingerprint density at radius 3 is 1.32 bits per heavy atom. The molecule has 0 rings (SSSR count). The molecule has 0 heterocycles. The third-order valence-corrected chi connectivity index (χ3v) is 5.51. The van der Waals surface area contributed by atoms with E-state index < -0.39 is 8.60 Å². The number of rotatable bonds is 24. The van der Waals surface area contributed by atoms with Crippen LogP contribution in [0.1, 0.15) is 97.8 Å². The Bertz CT molecular complexity index is 266. The van der Waals surface area contributed by atoms with E-state index >= 15 is 0 Å². The molecule has 5 nitrogen and oxygen atoms in total. The number of ether oxygens (including phenoxy) is 2. The van der Waals surface area contributed by atoms with E-state index in [9.17, 15) is 0 Å². The van der Waals surface area contributed by atoms with E-state index in [4.69, 9.17) is 23.0 Å². The van der Waals surface area contributed by atoms with Crippen LogP contribution in [0.2, 0.25) is 0 Å². The predicted octanol–water partition coefficient (Wildman–Crippen LogP) is 7.04. The SMILES string of the molecule is CCCCCCCCCCOP(OCCOCCCC)OCCOCCCC. The van der Waals surface area contributed by atoms with Crippen molar-refractivity contribution < 1.29 is 23.0 Å². The van der Waals surface area contributed by atoms with Gasteiger partial charge < -0.3 is 23.0 Å². The minimum Gasteiger partial charge on any atom is -0.379 e. The first kappa shape index (κ1) is 28.2. The molecule has 0 aliphatic heterocycles. The van der Waals surface area contributed by atoms with E-state index in [1.54, 1.807) is 0 Å². The highest BCUT2D eigenvalue weighted by atomic mass is 31.2. The number of unbranched alkanes of at least 4 members (excludes halogenated alkanes) is 9. The van der Waals surface area contributed by atoms with Crippen molar-refractivity contribution in [3.05, 3.63) is 0 Å². The highest BCUT2D eigenvalue weighted by Gasteiger charge is 2.12. The van der Waals surface area contributed by atoms with Gasteiger partial charge in [0, 0.05) is 13.2 Å². The average molecular weight is 423 g/mol. The lowest BCUT2D eigenvalue weighted by molar-refractivity contribution is 0.0638. The van der Waals surface area contributed by atoms with Crippen LogP contribution < -0.4 is 0 Å². The van der Waals surface area contributed by atoms with Crippen molar-refractivity contribution in [3.63, 3.8) is 0 Å². The van der Waals surface area contributed by atoms with Crippen LogP contribution in [0.3, 0.4) is 0 Å². The Morgan fingerprint density at radius 2 is 0.821 bits per heavy atom. The summed E-state index contributed by atoms with van der Waals surface area (Å²) >= 11 is 0. The molecule has 0 bridgehead atoms. The summed E-state index contributed by atoms with van der Waals surface area (Å²) in [6.07, 6.45) is 14.8. The lowest BCUT2D eigenvalue weighted by atomic mass is 10.1. The molecule has 0 N–H and O–H groups in total. The maximum Gasteiger partial charge on any atom is 0.332 e. The van der Waals surface area contributed by atoms with E-state index in [2.05, 4.69) is 20.8 Å². The van der Waals surface area contributed by atoms with Crippen LogP contribution in [0.15, 0.2) is 0 Å². The first-order valence-electron chi connectivity index (χ1n) is 11.7. The predicted molar refractivity (Wildman–Crippen MR) is 119 cm³/mol. The molecule has 0 aromatic rings. The fourth-order valence-electron chi connectivity index (χ4n) is 2.53. The monoisotopic (exact) mass is 422 g/mol. The van der Waals surface area contributed by atoms with Crippen molar-refractivity contribution in [2.45, 2.75) is 97.8 Å². The smallest absolute Gasteiger partial charge is 0.332 e. The van der Waals surface area contributed by atoms with Gasteiger partial charge in [-0.3, -0.25) is 0 Å². The van der Waals surface area contributed by atoms with Gasteiger partial charge in [0.25, 0.3) is 0 Å². The van der Waals surface area contributed by atoms with Crippen LogP contribution in [0.5, 0.6) is 0 Å². The summed E-state index contributed by atoms with van der Waals surface area (Å²) in [6.45, 7) is 11.1. The van der Waals surface area contributed by atoms with E-state index in [0.717, 1.165) is 45.3 Å². The van der Waals surface area contributed by atoms with Gasteiger partial charge in [-0.1, -0.05) is 78.6 Å². The van der Waals surface area contributed by atoms with Crippen molar-refractivity contribution >= 4 is 8.60 Å². The summed E-state index contributed by atoms with van der Waals surface area (Å²) in [5.74, 6) is 0. The molecule has 0 fully saturated rings. The van der Waals surface area contributed by atoms with Gasteiger partial charge in [-0.05, 0) is 19.3 Å². The Labute approximate surface area is 176 Å². The van der Waals surface area contributed by atoms with Gasteiger partial charge >= 0.3 is 8.60 Å². The standard InChI is InChI=1S/C22H47O5P/c1-4-7-10-11-12-13-14-15-18-25-28(26-21-19-23-16-8-5-2)27-22-20-24-17-9-6-3/h4-22H2,1-3H3. The molecule has 170 valence electrons. The summed E-state index contributed by atoms with van der Waals surface area (Å²) in [5, 5.41) is 0. The van der Waals surface area contributed by atoms with E-state index in [1.807, 2.05) is 0 Å². The van der Waals surface area contributed by atoms with Gasteiger partial charge in [0.05, 0.1) is 33.0 Å². The number of hydrogen-bond donors (Lipinski definition) is 0. The summed E-state index contributed by atoms with van der Waals surface area (Å²) in [4.78, 5) is 0. The molecule has 6 heteroatoms. The first-order chi connectivity index (χ1) is 13.8. The van der Waals surface area contributed by atoms with E-state index in [-0.39, 0.29) is 0 Å². The molecule has 0 aliphatic carbocycles. The molecule has 0 radical (unpaired) electrons. The quantitative estimate of drug-likeness (QED) is 0.123. The normalized spacial score (nSPS) is 11.6. The van der Waals surface area contributed by atoms with Crippen molar-refractivity contribution in [1.82, 2.24) is 0 Å². The third kappa shape index (κ3) is 22.5. The minimum atomic E-state index is -1.30. The molecule has 0 saturated heterocycles. The second-order valence-corrected chi connectivity index (χ2v) is 8.35. The van der Waals surface area contributed by atoms with Crippen LogP contribution in [-0.4, -0.2) is 46.2 Å². The van der Waals surface area contributed by atoms with Crippen LogP contribution >= 0.6 is 8.60 Å². The zero-order valence-corrected chi connectivity index (χ0v) is 19.8. The molecular formula is C22H47O5P. The number of hydrogen-bond acceptors (Lipinski definition) is 5. The maximum atomic E-state index is 5.85.